The van der Waals surface area contributed by atoms with Gasteiger partial charge in [-0.1, -0.05) is 0 Å². The smallest absolute Gasteiger partial charge is 0.262 e. The van der Waals surface area contributed by atoms with E-state index in [0.29, 0.717) is 28.3 Å². The summed E-state index contributed by atoms with van der Waals surface area (Å²) in [5.41, 5.74) is 1.76. The van der Waals surface area contributed by atoms with Crippen LogP contribution >= 0.6 is 0 Å². The monoisotopic (exact) mass is 321 g/mol. The van der Waals surface area contributed by atoms with Crippen molar-refractivity contribution in [3.05, 3.63) is 47.5 Å². The van der Waals surface area contributed by atoms with Crippen LogP contribution in [0.2, 0.25) is 0 Å². The third-order valence-corrected chi connectivity index (χ3v) is 4.97. The van der Waals surface area contributed by atoms with E-state index in [-0.39, 0.29) is 4.90 Å². The largest absolute Gasteiger partial charge is 0.497 e. The molecule has 5 nitrogen and oxygen atoms in total. The van der Waals surface area contributed by atoms with Crippen LogP contribution in [0.5, 0.6) is 11.5 Å². The lowest BCUT2D eigenvalue weighted by Crippen LogP contribution is -2.15. The Balaban J connectivity index is 2.38. The minimum atomic E-state index is -3.67. The minimum Gasteiger partial charge on any atom is -0.497 e. The fourth-order valence-corrected chi connectivity index (χ4v) is 3.83. The second-order valence-electron chi connectivity index (χ2n) is 4.92. The van der Waals surface area contributed by atoms with Crippen molar-refractivity contribution in [2.24, 2.45) is 0 Å². The van der Waals surface area contributed by atoms with E-state index in [1.54, 1.807) is 64.5 Å². The predicted molar refractivity (Wildman–Crippen MR) is 86.3 cm³/mol. The van der Waals surface area contributed by atoms with Crippen LogP contribution in [0.3, 0.4) is 0 Å². The normalized spacial score (nSPS) is 11.1. The van der Waals surface area contributed by atoms with Crippen LogP contribution in [0.4, 0.5) is 5.69 Å². The van der Waals surface area contributed by atoms with Gasteiger partial charge in [0.05, 0.1) is 19.1 Å². The number of hydrogen-bond donors (Lipinski definition) is 1. The Bertz CT molecular complexity index is 744. The Labute approximate surface area is 130 Å². The molecule has 0 spiro atoms. The topological polar surface area (TPSA) is 64.6 Å². The van der Waals surface area contributed by atoms with E-state index in [0.717, 1.165) is 0 Å². The molecule has 0 fully saturated rings. The standard InChI is InChI=1S/C16H19NO4S/c1-11-9-15(21-4)10-12(2)16(11)22(18,19)17-13-5-7-14(20-3)8-6-13/h5-10,17H,1-4H3. The zero-order valence-corrected chi connectivity index (χ0v) is 13.8. The van der Waals surface area contributed by atoms with Crippen LogP contribution in [-0.2, 0) is 10.0 Å². The van der Waals surface area contributed by atoms with Crippen LogP contribution in [0, 0.1) is 13.8 Å². The molecule has 0 aliphatic heterocycles. The molecule has 6 heteroatoms. The van der Waals surface area contributed by atoms with E-state index in [4.69, 9.17) is 9.47 Å². The highest BCUT2D eigenvalue weighted by atomic mass is 32.2. The SMILES string of the molecule is COc1ccc(NS(=O)(=O)c2c(C)cc(OC)cc2C)cc1. The minimum absolute atomic E-state index is 0.268. The molecule has 0 saturated carbocycles. The molecule has 2 aromatic carbocycles. The number of aryl methyl sites for hydroxylation is 2. The van der Waals surface area contributed by atoms with E-state index in [2.05, 4.69) is 4.72 Å². The van der Waals surface area contributed by atoms with Crippen molar-refractivity contribution in [1.82, 2.24) is 0 Å². The first-order chi connectivity index (χ1) is 10.4. The van der Waals surface area contributed by atoms with E-state index >= 15 is 0 Å². The Morgan fingerprint density at radius 2 is 1.36 bits per heavy atom. The molecular formula is C16H19NO4S. The molecule has 0 amide bonds. The lowest BCUT2D eigenvalue weighted by Gasteiger charge is -2.14. The van der Waals surface area contributed by atoms with Crippen molar-refractivity contribution in [2.45, 2.75) is 18.7 Å². The summed E-state index contributed by atoms with van der Waals surface area (Å²) in [7, 11) is -0.553. The number of ether oxygens (including phenoxy) is 2. The van der Waals surface area contributed by atoms with Crippen LogP contribution in [0.25, 0.3) is 0 Å². The Morgan fingerprint density at radius 1 is 0.864 bits per heavy atom. The third kappa shape index (κ3) is 3.33. The second-order valence-corrected chi connectivity index (χ2v) is 6.54. The van der Waals surface area contributed by atoms with Crippen molar-refractivity contribution < 1.29 is 17.9 Å². The number of sulfonamides is 1. The third-order valence-electron chi connectivity index (χ3n) is 3.28. The van der Waals surface area contributed by atoms with Crippen molar-refractivity contribution >= 4 is 15.7 Å². The average molecular weight is 321 g/mol. The first kappa shape index (κ1) is 16.2. The van der Waals surface area contributed by atoms with Crippen molar-refractivity contribution in [3.8, 4) is 11.5 Å². The molecule has 2 aromatic rings. The molecule has 0 radical (unpaired) electrons. The quantitative estimate of drug-likeness (QED) is 0.919. The van der Waals surface area contributed by atoms with Gasteiger partial charge in [0.2, 0.25) is 0 Å². The molecule has 0 heterocycles. The molecule has 0 unspecified atom stereocenters. The number of benzene rings is 2. The maximum absolute atomic E-state index is 12.6. The summed E-state index contributed by atoms with van der Waals surface area (Å²) in [5.74, 6) is 1.30. The molecule has 22 heavy (non-hydrogen) atoms. The van der Waals surface area contributed by atoms with Gasteiger partial charge in [-0.15, -0.1) is 0 Å². The van der Waals surface area contributed by atoms with Gasteiger partial charge in [0.15, 0.2) is 0 Å². The van der Waals surface area contributed by atoms with Gasteiger partial charge in [-0.3, -0.25) is 4.72 Å². The molecule has 0 aromatic heterocycles. The highest BCUT2D eigenvalue weighted by molar-refractivity contribution is 7.92. The fourth-order valence-electron chi connectivity index (χ4n) is 2.32. The van der Waals surface area contributed by atoms with E-state index in [1.807, 2.05) is 0 Å². The number of hydrogen-bond acceptors (Lipinski definition) is 4. The molecule has 0 saturated heterocycles. The van der Waals surface area contributed by atoms with Crippen LogP contribution in [-0.4, -0.2) is 22.6 Å². The van der Waals surface area contributed by atoms with E-state index in [1.165, 1.54) is 0 Å². The molecule has 0 aliphatic rings. The summed E-state index contributed by atoms with van der Waals surface area (Å²) in [6, 6.07) is 10.1. The summed E-state index contributed by atoms with van der Waals surface area (Å²) >= 11 is 0. The summed E-state index contributed by atoms with van der Waals surface area (Å²) in [4.78, 5) is 0.268. The molecule has 1 N–H and O–H groups in total. The zero-order valence-electron chi connectivity index (χ0n) is 13.0. The van der Waals surface area contributed by atoms with E-state index in [9.17, 15) is 8.42 Å². The van der Waals surface area contributed by atoms with Gasteiger partial charge < -0.3 is 9.47 Å². The molecule has 118 valence electrons. The zero-order chi connectivity index (χ0) is 16.3. The lowest BCUT2D eigenvalue weighted by molar-refractivity contribution is 0.413. The van der Waals surface area contributed by atoms with Crippen LogP contribution < -0.4 is 14.2 Å². The summed E-state index contributed by atoms with van der Waals surface area (Å²) < 4.78 is 38.0. The number of rotatable bonds is 5. The molecule has 0 atom stereocenters. The fraction of sp³-hybridized carbons (Fsp3) is 0.250. The first-order valence-electron chi connectivity index (χ1n) is 6.69. The number of nitrogens with one attached hydrogen (secondary N) is 1. The van der Waals surface area contributed by atoms with Gasteiger partial charge in [0.25, 0.3) is 10.0 Å². The molecule has 0 aliphatic carbocycles. The van der Waals surface area contributed by atoms with Gasteiger partial charge in [-0.2, -0.15) is 0 Å². The Kier molecular flexibility index (Phi) is 4.61. The first-order valence-corrected chi connectivity index (χ1v) is 8.18. The molecular weight excluding hydrogens is 302 g/mol. The van der Waals surface area contributed by atoms with Gasteiger partial charge >= 0.3 is 0 Å². The summed E-state index contributed by atoms with van der Waals surface area (Å²) in [6.07, 6.45) is 0. The Morgan fingerprint density at radius 3 is 1.82 bits per heavy atom. The number of methoxy groups -OCH3 is 2. The van der Waals surface area contributed by atoms with Gasteiger partial charge in [-0.25, -0.2) is 8.42 Å². The lowest BCUT2D eigenvalue weighted by atomic mass is 10.1. The predicted octanol–water partition coefficient (Wildman–Crippen LogP) is 3.12. The van der Waals surface area contributed by atoms with Crippen molar-refractivity contribution in [3.63, 3.8) is 0 Å². The maximum Gasteiger partial charge on any atom is 0.262 e. The van der Waals surface area contributed by atoms with Crippen LogP contribution in [0.15, 0.2) is 41.3 Å². The van der Waals surface area contributed by atoms with Gasteiger partial charge in [0.1, 0.15) is 11.5 Å². The molecule has 0 bridgehead atoms. The number of anilines is 1. The molecule has 2 rings (SSSR count). The van der Waals surface area contributed by atoms with Gasteiger partial charge in [-0.05, 0) is 61.4 Å². The van der Waals surface area contributed by atoms with Crippen LogP contribution in [0.1, 0.15) is 11.1 Å². The second kappa shape index (κ2) is 6.27. The maximum atomic E-state index is 12.6. The summed E-state index contributed by atoms with van der Waals surface area (Å²) in [5, 5.41) is 0. The summed E-state index contributed by atoms with van der Waals surface area (Å²) in [6.45, 7) is 3.50. The van der Waals surface area contributed by atoms with Crippen molar-refractivity contribution in [2.75, 3.05) is 18.9 Å². The highest BCUT2D eigenvalue weighted by Crippen LogP contribution is 2.27. The highest BCUT2D eigenvalue weighted by Gasteiger charge is 2.20. The Hall–Kier alpha value is -2.21. The van der Waals surface area contributed by atoms with Crippen molar-refractivity contribution in [1.29, 1.82) is 0 Å². The van der Waals surface area contributed by atoms with E-state index < -0.39 is 10.0 Å². The average Bonchev–Trinajstić information content (AvgIpc) is 2.46. The van der Waals surface area contributed by atoms with Gasteiger partial charge in [0, 0.05) is 5.69 Å².